The number of methoxy groups -OCH3 is 1. The summed E-state index contributed by atoms with van der Waals surface area (Å²) in [5.74, 6) is -8.05. The molecular weight excluding hydrogens is 775 g/mol. The molecule has 1 aromatic heterocycles. The van der Waals surface area contributed by atoms with Gasteiger partial charge in [0, 0.05) is 24.8 Å². The van der Waals surface area contributed by atoms with E-state index in [0.717, 1.165) is 0 Å². The molecule has 13 nitrogen and oxygen atoms in total. The number of hydrogen-bond donors (Lipinski definition) is 1. The van der Waals surface area contributed by atoms with Crippen LogP contribution in [0, 0.1) is 34.5 Å². The molecule has 16 heteroatoms. The second kappa shape index (κ2) is 15.4. The van der Waals surface area contributed by atoms with Crippen LogP contribution in [0.15, 0.2) is 30.9 Å². The van der Waals surface area contributed by atoms with E-state index in [-0.39, 0.29) is 55.3 Å². The van der Waals surface area contributed by atoms with Crippen LogP contribution >= 0.6 is 0 Å². The second-order valence-electron chi connectivity index (χ2n) is 18.0. The summed E-state index contributed by atoms with van der Waals surface area (Å²) < 4.78 is 78.3. The van der Waals surface area contributed by atoms with E-state index in [1.165, 1.54) is 18.1 Å². The number of sulfonamides is 1. The molecule has 3 saturated carbocycles. The van der Waals surface area contributed by atoms with Gasteiger partial charge in [0.05, 0.1) is 53.7 Å². The van der Waals surface area contributed by atoms with E-state index in [1.54, 1.807) is 25.1 Å². The Labute approximate surface area is 338 Å². The zero-order valence-corrected chi connectivity index (χ0v) is 34.6. The molecule has 7 rings (SSSR count). The predicted octanol–water partition coefficient (Wildman–Crippen LogP) is 6.03. The van der Waals surface area contributed by atoms with Crippen LogP contribution in [-0.4, -0.2) is 84.0 Å². The molecule has 1 saturated heterocycles. The molecule has 0 radical (unpaired) electrons. The van der Waals surface area contributed by atoms with Crippen LogP contribution in [0.25, 0.3) is 11.0 Å². The van der Waals surface area contributed by atoms with Crippen molar-refractivity contribution in [3.8, 4) is 11.6 Å². The van der Waals surface area contributed by atoms with Gasteiger partial charge in [0.25, 0.3) is 5.92 Å². The SMILES string of the molecule is C=C[C@@H]1CC1(CC(=O)[C@@H]1[C@H](CC)[C@@H]2CN1C(=O)[C@H](C(C)(C)C)CC(=O)O[C@@H]1C[C@H]1CCCCC(F)(F)c1nc3ccc(OC)cc3nc1O2)C(=O)NS(=O)(=O)C1CC1. The van der Waals surface area contributed by atoms with Gasteiger partial charge in [0.2, 0.25) is 27.7 Å². The number of ether oxygens (including phenoxy) is 3. The lowest BCUT2D eigenvalue weighted by molar-refractivity contribution is -0.154. The van der Waals surface area contributed by atoms with Crippen molar-refractivity contribution >= 4 is 44.6 Å². The summed E-state index contributed by atoms with van der Waals surface area (Å²) in [6.07, 6.45) is 2.08. The minimum atomic E-state index is -3.94. The predicted molar refractivity (Wildman–Crippen MR) is 208 cm³/mol. The molecule has 58 heavy (non-hydrogen) atoms. The van der Waals surface area contributed by atoms with Crippen molar-refractivity contribution in [1.29, 1.82) is 0 Å². The number of esters is 1. The fourth-order valence-electron chi connectivity index (χ4n) is 8.92. The first-order valence-corrected chi connectivity index (χ1v) is 22.0. The summed E-state index contributed by atoms with van der Waals surface area (Å²) in [6, 6.07) is 3.48. The minimum absolute atomic E-state index is 0.0341. The maximum absolute atomic E-state index is 16.4. The third-order valence-corrected chi connectivity index (χ3v) is 14.7. The molecule has 5 aliphatic rings. The Morgan fingerprint density at radius 2 is 1.83 bits per heavy atom. The maximum atomic E-state index is 16.4. The summed E-state index contributed by atoms with van der Waals surface area (Å²) in [5.41, 5.74) is -2.40. The number of nitrogens with one attached hydrogen (secondary N) is 1. The molecule has 4 fully saturated rings. The van der Waals surface area contributed by atoms with Crippen LogP contribution in [0.3, 0.4) is 0 Å². The van der Waals surface area contributed by atoms with E-state index < -0.39 is 110 Å². The van der Waals surface area contributed by atoms with Crippen molar-refractivity contribution in [2.75, 3.05) is 13.7 Å². The number of amides is 2. The fourth-order valence-corrected chi connectivity index (χ4v) is 10.3. The van der Waals surface area contributed by atoms with Gasteiger partial charge in [-0.05, 0) is 74.3 Å². The Kier molecular flexibility index (Phi) is 11.2. The highest BCUT2D eigenvalue weighted by atomic mass is 32.2. The van der Waals surface area contributed by atoms with Crippen molar-refractivity contribution in [1.82, 2.24) is 19.6 Å². The summed E-state index contributed by atoms with van der Waals surface area (Å²) in [5, 5.41) is -0.669. The Morgan fingerprint density at radius 3 is 2.47 bits per heavy atom. The van der Waals surface area contributed by atoms with Crippen molar-refractivity contribution in [3.05, 3.63) is 36.5 Å². The van der Waals surface area contributed by atoms with E-state index in [2.05, 4.69) is 21.3 Å². The topological polar surface area (TPSA) is 171 Å². The number of alkyl halides is 2. The zero-order chi connectivity index (χ0) is 41.9. The molecule has 8 atom stereocenters. The van der Waals surface area contributed by atoms with Gasteiger partial charge in [-0.25, -0.2) is 18.4 Å². The lowest BCUT2D eigenvalue weighted by Gasteiger charge is -2.35. The second-order valence-corrected chi connectivity index (χ2v) is 20.0. The van der Waals surface area contributed by atoms with Crippen molar-refractivity contribution in [2.24, 2.45) is 34.5 Å². The molecule has 1 aromatic carbocycles. The number of ketones is 1. The summed E-state index contributed by atoms with van der Waals surface area (Å²) >= 11 is 0. The van der Waals surface area contributed by atoms with E-state index in [9.17, 15) is 27.6 Å². The molecule has 2 aliphatic heterocycles. The summed E-state index contributed by atoms with van der Waals surface area (Å²) in [4.78, 5) is 67.3. The first-order valence-electron chi connectivity index (χ1n) is 20.4. The number of allylic oxidation sites excluding steroid dienone is 1. The van der Waals surface area contributed by atoms with Gasteiger partial charge in [-0.1, -0.05) is 40.2 Å². The summed E-state index contributed by atoms with van der Waals surface area (Å²) in [6.45, 7) is 10.8. The number of rotatable bonds is 9. The number of halogens is 2. The largest absolute Gasteiger partial charge is 0.497 e. The first kappa shape index (κ1) is 41.9. The van der Waals surface area contributed by atoms with Gasteiger partial charge in [0.1, 0.15) is 18.0 Å². The zero-order valence-electron chi connectivity index (χ0n) is 33.8. The van der Waals surface area contributed by atoms with Gasteiger partial charge in [-0.3, -0.25) is 23.9 Å². The fraction of sp³-hybridized carbons (Fsp3) is 0.667. The number of fused-ring (bicyclic) bond motifs is 5. The normalized spacial score (nSPS) is 31.4. The average molecular weight is 829 g/mol. The Balaban J connectivity index is 1.30. The van der Waals surface area contributed by atoms with Gasteiger partial charge < -0.3 is 19.1 Å². The lowest BCUT2D eigenvalue weighted by Crippen LogP contribution is -2.50. The number of hydrogen-bond acceptors (Lipinski definition) is 11. The molecule has 3 aliphatic carbocycles. The molecular formula is C42H54F2N4O9S. The quantitative estimate of drug-likeness (QED) is 0.231. The van der Waals surface area contributed by atoms with Gasteiger partial charge in [-0.2, -0.15) is 8.78 Å². The standard InChI is InChI=1S/C42H54F2N4O9S/c1-7-24-20-41(24,39(52)47-58(53,54)26-13-14-26)21-31(49)35-27(8-2)33-22-48(35)38(51)28(40(3,4)5)19-34(50)56-32-17-23(32)11-9-10-16-42(43,44)36-37(57-33)46-30-18-25(55-6)12-15-29(30)45-36/h7,12,15,18,23-24,26-28,32-33,35H,1,8-11,13-14,16-17,19-22H2,2-6H3,(H,47,52)/t23-,24-,27-,28-,32-,33+,35+,41?/m1/s1. The number of carbonyl (C=O) groups is 4. The number of Topliss-reactive ketones (excluding diaryl/α,β-unsaturated/α-hetero) is 1. The van der Waals surface area contributed by atoms with Crippen LogP contribution in [0.1, 0.15) is 104 Å². The average Bonchev–Trinajstić information content (AvgIpc) is 4.08. The Morgan fingerprint density at radius 1 is 1.09 bits per heavy atom. The van der Waals surface area contributed by atoms with Crippen LogP contribution in [-0.2, 0) is 39.9 Å². The third kappa shape index (κ3) is 8.31. The molecule has 2 bridgehead atoms. The van der Waals surface area contributed by atoms with Crippen LogP contribution in [0.2, 0.25) is 0 Å². The van der Waals surface area contributed by atoms with E-state index in [1.807, 2.05) is 20.8 Å². The van der Waals surface area contributed by atoms with Gasteiger partial charge in [0.15, 0.2) is 11.5 Å². The van der Waals surface area contributed by atoms with E-state index in [0.29, 0.717) is 37.9 Å². The highest BCUT2D eigenvalue weighted by Crippen LogP contribution is 2.57. The first-order chi connectivity index (χ1) is 27.3. The molecule has 0 spiro atoms. The van der Waals surface area contributed by atoms with Gasteiger partial charge in [-0.15, -0.1) is 6.58 Å². The third-order valence-electron chi connectivity index (χ3n) is 12.9. The molecule has 1 N–H and O–H groups in total. The number of carbonyl (C=O) groups excluding carboxylic acids is 4. The van der Waals surface area contributed by atoms with Crippen molar-refractivity contribution < 1.29 is 50.6 Å². The van der Waals surface area contributed by atoms with E-state index in [4.69, 9.17) is 14.2 Å². The highest BCUT2D eigenvalue weighted by Gasteiger charge is 2.62. The number of aromatic nitrogens is 2. The van der Waals surface area contributed by atoms with Crippen LogP contribution in [0.5, 0.6) is 11.6 Å². The minimum Gasteiger partial charge on any atom is -0.497 e. The Bertz CT molecular complexity index is 2100. The van der Waals surface area contributed by atoms with Gasteiger partial charge >= 0.3 is 5.97 Å². The molecule has 316 valence electrons. The molecule has 1 unspecified atom stereocenters. The highest BCUT2D eigenvalue weighted by molar-refractivity contribution is 7.90. The number of benzene rings is 1. The summed E-state index contributed by atoms with van der Waals surface area (Å²) in [7, 11) is -2.47. The molecule has 3 heterocycles. The van der Waals surface area contributed by atoms with Crippen molar-refractivity contribution in [3.63, 3.8) is 0 Å². The monoisotopic (exact) mass is 828 g/mol. The smallest absolute Gasteiger partial charge is 0.306 e. The van der Waals surface area contributed by atoms with Crippen molar-refractivity contribution in [2.45, 2.75) is 128 Å². The molecule has 2 aromatic rings. The lowest BCUT2D eigenvalue weighted by atomic mass is 9.77. The van der Waals surface area contributed by atoms with E-state index >= 15 is 8.78 Å². The number of nitrogens with zero attached hydrogens (tertiary/aromatic N) is 3. The van der Waals surface area contributed by atoms with Crippen LogP contribution in [0.4, 0.5) is 8.78 Å². The Hall–Kier alpha value is -4.21. The van der Waals surface area contributed by atoms with Crippen LogP contribution < -0.4 is 14.2 Å². The maximum Gasteiger partial charge on any atom is 0.306 e. The molecule has 2 amide bonds.